The highest BCUT2D eigenvalue weighted by Gasteiger charge is 2.15. The molecule has 0 atom stereocenters. The summed E-state index contributed by atoms with van der Waals surface area (Å²) >= 11 is 0. The molecule has 4 N–H and O–H groups in total. The molecule has 30 heavy (non-hydrogen) atoms. The molecule has 1 rings (SSSR count). The summed E-state index contributed by atoms with van der Waals surface area (Å²) in [6, 6.07) is 6.55. The molecule has 0 unspecified atom stereocenters. The van der Waals surface area contributed by atoms with Gasteiger partial charge in [0, 0.05) is 13.1 Å². The molecule has 1 aromatic rings. The van der Waals surface area contributed by atoms with Gasteiger partial charge in [0.15, 0.2) is 11.5 Å². The maximum atomic E-state index is 10.8. The third-order valence-corrected chi connectivity index (χ3v) is 3.61. The highest BCUT2D eigenvalue weighted by molar-refractivity contribution is 5.73. The summed E-state index contributed by atoms with van der Waals surface area (Å²) in [5.41, 5.74) is 0. The van der Waals surface area contributed by atoms with E-state index < -0.39 is 50.1 Å². The van der Waals surface area contributed by atoms with Gasteiger partial charge in [-0.25, -0.2) is 0 Å². The van der Waals surface area contributed by atoms with Crippen LogP contribution in [0.3, 0.4) is 0 Å². The second-order valence-corrected chi connectivity index (χ2v) is 6.14. The third-order valence-electron chi connectivity index (χ3n) is 3.61. The predicted octanol–water partition coefficient (Wildman–Crippen LogP) is -0.613. The first-order valence-electron chi connectivity index (χ1n) is 8.84. The van der Waals surface area contributed by atoms with Crippen molar-refractivity contribution in [3.8, 4) is 11.5 Å². The van der Waals surface area contributed by atoms with Gasteiger partial charge in [-0.2, -0.15) is 0 Å². The fourth-order valence-electron chi connectivity index (χ4n) is 2.45. The Hall–Kier alpha value is -3.38. The lowest BCUT2D eigenvalue weighted by Gasteiger charge is -2.20. The van der Waals surface area contributed by atoms with Crippen LogP contribution in [-0.2, 0) is 19.2 Å². The minimum atomic E-state index is -1.16. The molecule has 0 spiro atoms. The van der Waals surface area contributed by atoms with Crippen molar-refractivity contribution in [2.75, 3.05) is 52.5 Å². The number of hydrogen-bond acceptors (Lipinski definition) is 8. The quantitative estimate of drug-likeness (QED) is 0.263. The van der Waals surface area contributed by atoms with Crippen LogP contribution >= 0.6 is 0 Å². The Bertz CT molecular complexity index is 646. The van der Waals surface area contributed by atoms with Crippen LogP contribution in [0.5, 0.6) is 11.5 Å². The molecule has 12 nitrogen and oxygen atoms in total. The van der Waals surface area contributed by atoms with Crippen LogP contribution < -0.4 is 9.47 Å². The first kappa shape index (κ1) is 24.7. The standard InChI is InChI=1S/C18H24N2O10/c21-15(22)9-19(10-16(23)24)5-7-29-13-3-1-2-4-14(13)30-8-6-20(11-17(25)26)12-18(27)28/h1-4H,5-12H2,(H,21,22)(H,23,24)(H,25,26)(H,27,28). The number of carboxylic acid groups (broad SMARTS) is 4. The van der Waals surface area contributed by atoms with Crippen LogP contribution in [0.1, 0.15) is 0 Å². The van der Waals surface area contributed by atoms with Gasteiger partial charge in [-0.15, -0.1) is 0 Å². The zero-order valence-electron chi connectivity index (χ0n) is 16.1. The van der Waals surface area contributed by atoms with E-state index in [2.05, 4.69) is 0 Å². The van der Waals surface area contributed by atoms with E-state index in [1.54, 1.807) is 24.3 Å². The number of hydrogen-bond donors (Lipinski definition) is 4. The fourth-order valence-corrected chi connectivity index (χ4v) is 2.45. The molecular weight excluding hydrogens is 404 g/mol. The van der Waals surface area contributed by atoms with Crippen molar-refractivity contribution in [2.24, 2.45) is 0 Å². The summed E-state index contributed by atoms with van der Waals surface area (Å²) < 4.78 is 11.1. The van der Waals surface area contributed by atoms with Crippen LogP contribution in [0.15, 0.2) is 24.3 Å². The van der Waals surface area contributed by atoms with Gasteiger partial charge in [0.2, 0.25) is 0 Å². The topological polar surface area (TPSA) is 174 Å². The molecule has 0 saturated heterocycles. The zero-order chi connectivity index (χ0) is 22.5. The number of para-hydroxylation sites is 2. The van der Waals surface area contributed by atoms with Crippen LogP contribution in [0.25, 0.3) is 0 Å². The molecule has 0 aliphatic heterocycles. The van der Waals surface area contributed by atoms with Crippen LogP contribution in [0.2, 0.25) is 0 Å². The summed E-state index contributed by atoms with van der Waals surface area (Å²) in [6.45, 7) is -1.67. The minimum Gasteiger partial charge on any atom is -0.488 e. The second-order valence-electron chi connectivity index (χ2n) is 6.14. The molecule has 0 heterocycles. The van der Waals surface area contributed by atoms with Crippen LogP contribution in [-0.4, -0.2) is 107 Å². The normalized spacial score (nSPS) is 10.7. The zero-order valence-corrected chi connectivity index (χ0v) is 16.1. The van der Waals surface area contributed by atoms with Gasteiger partial charge in [0.25, 0.3) is 0 Å². The number of carboxylic acids is 4. The Morgan fingerprint density at radius 1 is 0.633 bits per heavy atom. The number of rotatable bonds is 16. The van der Waals surface area contributed by atoms with Crippen molar-refractivity contribution in [1.82, 2.24) is 9.80 Å². The SMILES string of the molecule is O=C(O)CN(CCOc1ccccc1OCCN(CC(=O)O)CC(=O)O)CC(=O)O. The Kier molecular flexibility index (Phi) is 10.6. The third kappa shape index (κ3) is 10.8. The summed E-state index contributed by atoms with van der Waals surface area (Å²) in [5.74, 6) is -3.99. The Labute approximate surface area is 171 Å². The van der Waals surface area contributed by atoms with E-state index in [1.807, 2.05) is 0 Å². The minimum absolute atomic E-state index is 0.00505. The number of carbonyl (C=O) groups is 4. The molecule has 0 saturated carbocycles. The van der Waals surface area contributed by atoms with Crippen molar-refractivity contribution in [3.63, 3.8) is 0 Å². The molecule has 0 radical (unpaired) electrons. The Balaban J connectivity index is 2.60. The second kappa shape index (κ2) is 13.0. The predicted molar refractivity (Wildman–Crippen MR) is 101 cm³/mol. The number of ether oxygens (including phenoxy) is 2. The van der Waals surface area contributed by atoms with Crippen molar-refractivity contribution < 1.29 is 49.1 Å². The first-order chi connectivity index (χ1) is 14.2. The van der Waals surface area contributed by atoms with E-state index in [0.717, 1.165) is 0 Å². The molecule has 0 bridgehead atoms. The Morgan fingerprint density at radius 2 is 0.933 bits per heavy atom. The van der Waals surface area contributed by atoms with E-state index in [0.29, 0.717) is 11.5 Å². The summed E-state index contributed by atoms with van der Waals surface area (Å²) in [6.07, 6.45) is 0. The van der Waals surface area contributed by atoms with Gasteiger partial charge in [-0.05, 0) is 12.1 Å². The van der Waals surface area contributed by atoms with E-state index in [4.69, 9.17) is 29.9 Å². The average molecular weight is 428 g/mol. The molecule has 166 valence electrons. The molecule has 0 aliphatic carbocycles. The summed E-state index contributed by atoms with van der Waals surface area (Å²) in [7, 11) is 0. The first-order valence-corrected chi connectivity index (χ1v) is 8.84. The molecule has 0 aliphatic rings. The van der Waals surface area contributed by atoms with E-state index in [1.165, 1.54) is 9.80 Å². The van der Waals surface area contributed by atoms with Gasteiger partial charge in [0.1, 0.15) is 13.2 Å². The smallest absolute Gasteiger partial charge is 0.317 e. The number of nitrogens with zero attached hydrogens (tertiary/aromatic N) is 2. The van der Waals surface area contributed by atoms with Crippen molar-refractivity contribution in [1.29, 1.82) is 0 Å². The van der Waals surface area contributed by atoms with Gasteiger partial charge < -0.3 is 29.9 Å². The fraction of sp³-hybridized carbons (Fsp3) is 0.444. The van der Waals surface area contributed by atoms with Gasteiger partial charge in [0.05, 0.1) is 26.2 Å². The van der Waals surface area contributed by atoms with Gasteiger partial charge in [-0.3, -0.25) is 29.0 Å². The lowest BCUT2D eigenvalue weighted by atomic mass is 10.3. The lowest BCUT2D eigenvalue weighted by molar-refractivity contribution is -0.143. The maximum absolute atomic E-state index is 10.8. The average Bonchev–Trinajstić information content (AvgIpc) is 2.60. The highest BCUT2D eigenvalue weighted by Crippen LogP contribution is 2.26. The van der Waals surface area contributed by atoms with E-state index >= 15 is 0 Å². The molecule has 0 fully saturated rings. The monoisotopic (exact) mass is 428 g/mol. The number of benzene rings is 1. The molecule has 12 heteroatoms. The molecule has 0 aromatic heterocycles. The number of aliphatic carboxylic acids is 4. The van der Waals surface area contributed by atoms with E-state index in [-0.39, 0.29) is 26.3 Å². The summed E-state index contributed by atoms with van der Waals surface area (Å²) in [4.78, 5) is 45.6. The molecule has 0 amide bonds. The van der Waals surface area contributed by atoms with Crippen molar-refractivity contribution >= 4 is 23.9 Å². The van der Waals surface area contributed by atoms with Crippen molar-refractivity contribution in [3.05, 3.63) is 24.3 Å². The van der Waals surface area contributed by atoms with Gasteiger partial charge >= 0.3 is 23.9 Å². The lowest BCUT2D eigenvalue weighted by Crippen LogP contribution is -2.37. The summed E-state index contributed by atoms with van der Waals surface area (Å²) in [5, 5.41) is 35.3. The highest BCUT2D eigenvalue weighted by atomic mass is 16.5. The van der Waals surface area contributed by atoms with Crippen LogP contribution in [0.4, 0.5) is 0 Å². The van der Waals surface area contributed by atoms with E-state index in [9.17, 15) is 19.2 Å². The van der Waals surface area contributed by atoms with Crippen molar-refractivity contribution in [2.45, 2.75) is 0 Å². The van der Waals surface area contributed by atoms with Crippen LogP contribution in [0, 0.1) is 0 Å². The van der Waals surface area contributed by atoms with Gasteiger partial charge in [-0.1, -0.05) is 12.1 Å². The largest absolute Gasteiger partial charge is 0.488 e. The Morgan fingerprint density at radius 3 is 1.20 bits per heavy atom. The maximum Gasteiger partial charge on any atom is 0.317 e. The molecular formula is C18H24N2O10. The molecule has 1 aromatic carbocycles.